The predicted octanol–water partition coefficient (Wildman–Crippen LogP) is 2.61. The second-order valence-electron chi connectivity index (χ2n) is 4.59. The Bertz CT molecular complexity index is 402. The van der Waals surface area contributed by atoms with Crippen LogP contribution in [0.2, 0.25) is 0 Å². The van der Waals surface area contributed by atoms with E-state index in [0.717, 1.165) is 30.6 Å². The minimum absolute atomic E-state index is 0.115. The predicted molar refractivity (Wildman–Crippen MR) is 81.1 cm³/mol. The lowest BCUT2D eigenvalue weighted by molar-refractivity contribution is 0.202. The summed E-state index contributed by atoms with van der Waals surface area (Å²) in [6.45, 7) is 5.85. The quantitative estimate of drug-likeness (QED) is 0.560. The SMILES string of the molecule is CCC(CC)N(CCOC)c1ccccc1C(=N)N. The van der Waals surface area contributed by atoms with E-state index in [-0.39, 0.29) is 5.84 Å². The van der Waals surface area contributed by atoms with Crippen molar-refractivity contribution in [2.45, 2.75) is 32.7 Å². The minimum Gasteiger partial charge on any atom is -0.384 e. The normalized spacial score (nSPS) is 10.7. The zero-order valence-corrected chi connectivity index (χ0v) is 12.1. The van der Waals surface area contributed by atoms with Gasteiger partial charge in [0.15, 0.2) is 0 Å². The Labute approximate surface area is 116 Å². The molecule has 1 aromatic rings. The topological polar surface area (TPSA) is 62.3 Å². The summed E-state index contributed by atoms with van der Waals surface area (Å²) >= 11 is 0. The monoisotopic (exact) mass is 263 g/mol. The number of amidine groups is 1. The van der Waals surface area contributed by atoms with Crippen molar-refractivity contribution in [3.8, 4) is 0 Å². The highest BCUT2D eigenvalue weighted by atomic mass is 16.5. The van der Waals surface area contributed by atoms with Gasteiger partial charge in [0.05, 0.1) is 6.61 Å². The summed E-state index contributed by atoms with van der Waals surface area (Å²) in [6.07, 6.45) is 2.12. The number of nitrogen functional groups attached to an aromatic ring is 1. The Morgan fingerprint density at radius 1 is 1.32 bits per heavy atom. The van der Waals surface area contributed by atoms with E-state index in [4.69, 9.17) is 15.9 Å². The molecule has 0 radical (unpaired) electrons. The average molecular weight is 263 g/mol. The van der Waals surface area contributed by atoms with Gasteiger partial charge in [-0.3, -0.25) is 5.41 Å². The summed E-state index contributed by atoms with van der Waals surface area (Å²) in [5.74, 6) is 0.115. The van der Waals surface area contributed by atoms with Crippen LogP contribution in [0.25, 0.3) is 0 Å². The van der Waals surface area contributed by atoms with Crippen LogP contribution in [0, 0.1) is 5.41 Å². The second kappa shape index (κ2) is 7.79. The van der Waals surface area contributed by atoms with Gasteiger partial charge < -0.3 is 15.4 Å². The maximum absolute atomic E-state index is 7.72. The fourth-order valence-corrected chi connectivity index (χ4v) is 2.37. The van der Waals surface area contributed by atoms with Crippen molar-refractivity contribution in [3.63, 3.8) is 0 Å². The summed E-state index contributed by atoms with van der Waals surface area (Å²) < 4.78 is 5.21. The molecule has 4 nitrogen and oxygen atoms in total. The van der Waals surface area contributed by atoms with Crippen LogP contribution < -0.4 is 10.6 Å². The number of hydrogen-bond donors (Lipinski definition) is 2. The van der Waals surface area contributed by atoms with Crippen molar-refractivity contribution in [2.24, 2.45) is 5.73 Å². The molecule has 0 atom stereocenters. The van der Waals surface area contributed by atoms with Crippen LogP contribution in [0.5, 0.6) is 0 Å². The zero-order chi connectivity index (χ0) is 14.3. The van der Waals surface area contributed by atoms with Gasteiger partial charge in [-0.25, -0.2) is 0 Å². The Morgan fingerprint density at radius 3 is 2.47 bits per heavy atom. The lowest BCUT2D eigenvalue weighted by Gasteiger charge is -2.34. The van der Waals surface area contributed by atoms with Gasteiger partial charge in [0, 0.05) is 30.9 Å². The molecule has 0 spiro atoms. The molecule has 0 amide bonds. The summed E-state index contributed by atoms with van der Waals surface area (Å²) in [6, 6.07) is 8.28. The fraction of sp³-hybridized carbons (Fsp3) is 0.533. The fourth-order valence-electron chi connectivity index (χ4n) is 2.37. The summed E-state index contributed by atoms with van der Waals surface area (Å²) in [7, 11) is 1.71. The van der Waals surface area contributed by atoms with E-state index >= 15 is 0 Å². The van der Waals surface area contributed by atoms with Gasteiger partial charge in [-0.05, 0) is 25.0 Å². The van der Waals surface area contributed by atoms with Crippen LogP contribution in [0.4, 0.5) is 5.69 Å². The van der Waals surface area contributed by atoms with E-state index in [0.29, 0.717) is 12.6 Å². The first-order chi connectivity index (χ1) is 9.15. The Kier molecular flexibility index (Phi) is 6.36. The van der Waals surface area contributed by atoms with Crippen LogP contribution in [0.15, 0.2) is 24.3 Å². The number of nitrogens with two attached hydrogens (primary N) is 1. The molecular weight excluding hydrogens is 238 g/mol. The second-order valence-corrected chi connectivity index (χ2v) is 4.59. The van der Waals surface area contributed by atoms with Crippen molar-refractivity contribution < 1.29 is 4.74 Å². The Balaban J connectivity index is 3.12. The third-order valence-electron chi connectivity index (χ3n) is 3.42. The molecule has 0 unspecified atom stereocenters. The standard InChI is InChI=1S/C15H25N3O/c1-4-12(5-2)18(10-11-19-3)14-9-7-6-8-13(14)15(16)17/h6-9,12H,4-5,10-11H2,1-3H3,(H3,16,17). The molecule has 0 bridgehead atoms. The number of ether oxygens (including phenoxy) is 1. The van der Waals surface area contributed by atoms with Crippen LogP contribution in [-0.4, -0.2) is 32.1 Å². The number of nitrogens with one attached hydrogen (secondary N) is 1. The molecule has 0 aromatic heterocycles. The van der Waals surface area contributed by atoms with Crippen LogP contribution in [0.1, 0.15) is 32.3 Å². The smallest absolute Gasteiger partial charge is 0.124 e. The Morgan fingerprint density at radius 2 is 1.95 bits per heavy atom. The maximum Gasteiger partial charge on any atom is 0.124 e. The highest BCUT2D eigenvalue weighted by Crippen LogP contribution is 2.24. The first-order valence-corrected chi connectivity index (χ1v) is 6.84. The first kappa shape index (κ1) is 15.5. The van der Waals surface area contributed by atoms with Gasteiger partial charge in [-0.1, -0.05) is 26.0 Å². The molecule has 19 heavy (non-hydrogen) atoms. The number of benzene rings is 1. The molecule has 0 aliphatic carbocycles. The molecule has 0 saturated carbocycles. The minimum atomic E-state index is 0.115. The molecule has 0 aliphatic heterocycles. The van der Waals surface area contributed by atoms with Gasteiger partial charge in [0.25, 0.3) is 0 Å². The lowest BCUT2D eigenvalue weighted by Crippen LogP contribution is -2.38. The van der Waals surface area contributed by atoms with Gasteiger partial charge >= 0.3 is 0 Å². The number of hydrogen-bond acceptors (Lipinski definition) is 3. The van der Waals surface area contributed by atoms with Crippen LogP contribution in [0.3, 0.4) is 0 Å². The van der Waals surface area contributed by atoms with Gasteiger partial charge in [-0.2, -0.15) is 0 Å². The zero-order valence-electron chi connectivity index (χ0n) is 12.1. The maximum atomic E-state index is 7.72. The molecule has 1 rings (SSSR count). The number of para-hydroxylation sites is 1. The van der Waals surface area contributed by atoms with Gasteiger partial charge in [-0.15, -0.1) is 0 Å². The Hall–Kier alpha value is -1.55. The lowest BCUT2D eigenvalue weighted by atomic mass is 10.1. The highest BCUT2D eigenvalue weighted by Gasteiger charge is 2.18. The summed E-state index contributed by atoms with van der Waals surface area (Å²) in [4.78, 5) is 2.31. The van der Waals surface area contributed by atoms with Crippen molar-refractivity contribution in [1.82, 2.24) is 0 Å². The van der Waals surface area contributed by atoms with E-state index in [1.54, 1.807) is 7.11 Å². The van der Waals surface area contributed by atoms with Crippen molar-refractivity contribution in [2.75, 3.05) is 25.2 Å². The molecule has 0 saturated heterocycles. The van der Waals surface area contributed by atoms with Crippen LogP contribution >= 0.6 is 0 Å². The molecule has 1 aromatic carbocycles. The average Bonchev–Trinajstić information content (AvgIpc) is 2.43. The number of anilines is 1. The van der Waals surface area contributed by atoms with Gasteiger partial charge in [0.2, 0.25) is 0 Å². The van der Waals surface area contributed by atoms with E-state index < -0.39 is 0 Å². The summed E-state index contributed by atoms with van der Waals surface area (Å²) in [5, 5.41) is 7.72. The van der Waals surface area contributed by atoms with E-state index in [1.165, 1.54) is 0 Å². The molecule has 106 valence electrons. The van der Waals surface area contributed by atoms with E-state index in [2.05, 4.69) is 18.7 Å². The molecule has 4 heteroatoms. The number of rotatable bonds is 8. The van der Waals surface area contributed by atoms with Crippen molar-refractivity contribution in [1.29, 1.82) is 5.41 Å². The number of nitrogens with zero attached hydrogens (tertiary/aromatic N) is 1. The molecule has 0 aliphatic rings. The number of methoxy groups -OCH3 is 1. The third kappa shape index (κ3) is 3.96. The van der Waals surface area contributed by atoms with E-state index in [9.17, 15) is 0 Å². The first-order valence-electron chi connectivity index (χ1n) is 6.84. The van der Waals surface area contributed by atoms with Crippen molar-refractivity contribution >= 4 is 11.5 Å². The largest absolute Gasteiger partial charge is 0.384 e. The van der Waals surface area contributed by atoms with Gasteiger partial charge in [0.1, 0.15) is 5.84 Å². The molecule has 0 heterocycles. The van der Waals surface area contributed by atoms with E-state index in [1.807, 2.05) is 24.3 Å². The molecular formula is C15H25N3O. The van der Waals surface area contributed by atoms with Crippen molar-refractivity contribution in [3.05, 3.63) is 29.8 Å². The third-order valence-corrected chi connectivity index (χ3v) is 3.42. The van der Waals surface area contributed by atoms with Crippen LogP contribution in [-0.2, 0) is 4.74 Å². The molecule has 0 fully saturated rings. The molecule has 3 N–H and O–H groups in total. The highest BCUT2D eigenvalue weighted by molar-refractivity contribution is 6.00. The summed E-state index contributed by atoms with van der Waals surface area (Å²) in [5.41, 5.74) is 7.51.